The Morgan fingerprint density at radius 1 is 1.17 bits per heavy atom. The number of halogens is 6. The van der Waals surface area contributed by atoms with Gasteiger partial charge >= 0.3 is 12.4 Å². The van der Waals surface area contributed by atoms with Gasteiger partial charge in [0.1, 0.15) is 12.1 Å². The Morgan fingerprint density at radius 2 is 1.88 bits per heavy atom. The number of thiazole rings is 1. The molecule has 0 radical (unpaired) electrons. The molecule has 0 unspecified atom stereocenters. The SMILES string of the molecule is CCc1ncc([C@]2(O)CC[C@H](N3CC(NC(=O)CNc4nn(CC(F)(F)F)c5ccc(C(F)(F)F)cc45)C3)CC2)s1. The second kappa shape index (κ2) is 11.1. The highest BCUT2D eigenvalue weighted by Crippen LogP contribution is 2.41. The van der Waals surface area contributed by atoms with Gasteiger partial charge in [-0.3, -0.25) is 14.4 Å². The summed E-state index contributed by atoms with van der Waals surface area (Å²) in [6.45, 7) is 1.42. The average molecular weight is 605 g/mol. The van der Waals surface area contributed by atoms with Crippen LogP contribution in [0.4, 0.5) is 32.2 Å². The van der Waals surface area contributed by atoms with Crippen LogP contribution in [0.3, 0.4) is 0 Å². The molecule has 1 aromatic carbocycles. The lowest BCUT2D eigenvalue weighted by atomic mass is 9.80. The molecule has 1 amide bonds. The fourth-order valence-electron chi connectivity index (χ4n) is 5.50. The lowest BCUT2D eigenvalue weighted by Gasteiger charge is -2.48. The number of hydrogen-bond donors (Lipinski definition) is 3. The number of aryl methyl sites for hydroxylation is 1. The van der Waals surface area contributed by atoms with Crippen molar-refractivity contribution in [2.75, 3.05) is 25.0 Å². The molecule has 0 atom stereocenters. The summed E-state index contributed by atoms with van der Waals surface area (Å²) in [6, 6.07) is 2.52. The summed E-state index contributed by atoms with van der Waals surface area (Å²) in [5, 5.41) is 21.2. The lowest BCUT2D eigenvalue weighted by Crippen LogP contribution is -2.63. The predicted molar refractivity (Wildman–Crippen MR) is 140 cm³/mol. The maximum atomic E-state index is 13.2. The summed E-state index contributed by atoms with van der Waals surface area (Å²) in [6.07, 6.45) is -3.85. The van der Waals surface area contributed by atoms with Crippen molar-refractivity contribution in [3.63, 3.8) is 0 Å². The number of carbonyl (C=O) groups excluding carboxylic acids is 1. The number of aromatic nitrogens is 3. The number of amides is 1. The number of nitrogens with one attached hydrogen (secondary N) is 2. The Morgan fingerprint density at radius 3 is 2.49 bits per heavy atom. The van der Waals surface area contributed by atoms with Gasteiger partial charge in [-0.2, -0.15) is 31.4 Å². The van der Waals surface area contributed by atoms with Crippen molar-refractivity contribution in [1.29, 1.82) is 0 Å². The number of nitrogens with zero attached hydrogens (tertiary/aromatic N) is 4. The van der Waals surface area contributed by atoms with E-state index < -0.39 is 36.0 Å². The standard InChI is InChI=1S/C26H30F6N6O2S/c1-2-22-33-10-20(41-22)24(40)7-5-17(6-8-24)37-12-16(13-37)35-21(39)11-34-23-18-9-15(26(30,31)32)3-4-19(18)38(36-23)14-25(27,28)29/h3-4,9-10,16-17,40H,2,5-8,11-14H2,1H3,(H,34,36)(H,35,39)/t17-,24-. The van der Waals surface area contributed by atoms with Crippen LogP contribution in [0.1, 0.15) is 48.1 Å². The number of benzene rings is 1. The van der Waals surface area contributed by atoms with Crippen LogP contribution in [-0.4, -0.2) is 68.6 Å². The van der Waals surface area contributed by atoms with Gasteiger partial charge in [0.05, 0.1) is 33.6 Å². The Hall–Kier alpha value is -2.91. The van der Waals surface area contributed by atoms with Crippen LogP contribution in [0.15, 0.2) is 24.4 Å². The van der Waals surface area contributed by atoms with Gasteiger partial charge in [-0.05, 0) is 50.3 Å². The highest BCUT2D eigenvalue weighted by molar-refractivity contribution is 7.11. The summed E-state index contributed by atoms with van der Waals surface area (Å²) >= 11 is 1.55. The zero-order chi connectivity index (χ0) is 29.6. The molecule has 1 aliphatic carbocycles. The van der Waals surface area contributed by atoms with Gasteiger partial charge in [-0.15, -0.1) is 11.3 Å². The first-order valence-corrected chi connectivity index (χ1v) is 14.1. The van der Waals surface area contributed by atoms with Gasteiger partial charge in [0.15, 0.2) is 5.82 Å². The van der Waals surface area contributed by atoms with E-state index in [2.05, 4.69) is 25.6 Å². The van der Waals surface area contributed by atoms with Gasteiger partial charge in [0.2, 0.25) is 5.91 Å². The molecule has 3 heterocycles. The van der Waals surface area contributed by atoms with Crippen molar-refractivity contribution < 1.29 is 36.2 Å². The van der Waals surface area contributed by atoms with Crippen molar-refractivity contribution in [3.05, 3.63) is 39.8 Å². The molecule has 3 aromatic rings. The highest BCUT2D eigenvalue weighted by atomic mass is 32.1. The van der Waals surface area contributed by atoms with E-state index in [1.54, 1.807) is 17.5 Å². The molecular weight excluding hydrogens is 574 g/mol. The van der Waals surface area contributed by atoms with Crippen LogP contribution in [-0.2, 0) is 29.5 Å². The molecule has 3 N–H and O–H groups in total. The summed E-state index contributed by atoms with van der Waals surface area (Å²) in [5.74, 6) is -0.683. The molecule has 0 bridgehead atoms. The van der Waals surface area contributed by atoms with Crippen LogP contribution in [0.2, 0.25) is 0 Å². The first kappa shape index (κ1) is 29.6. The molecule has 1 saturated heterocycles. The number of carbonyl (C=O) groups is 1. The van der Waals surface area contributed by atoms with E-state index in [1.165, 1.54) is 0 Å². The van der Waals surface area contributed by atoms with E-state index in [-0.39, 0.29) is 35.3 Å². The number of alkyl halides is 6. The number of hydrogen-bond acceptors (Lipinski definition) is 7. The van der Waals surface area contributed by atoms with E-state index in [9.17, 15) is 36.2 Å². The first-order valence-electron chi connectivity index (χ1n) is 13.3. The Bertz CT molecular complexity index is 1390. The van der Waals surface area contributed by atoms with Gasteiger partial charge in [-0.25, -0.2) is 4.98 Å². The summed E-state index contributed by atoms with van der Waals surface area (Å²) < 4.78 is 79.2. The maximum absolute atomic E-state index is 13.2. The number of likely N-dealkylation sites (tertiary alicyclic amines) is 1. The van der Waals surface area contributed by atoms with Crippen molar-refractivity contribution in [2.45, 2.75) is 75.6 Å². The van der Waals surface area contributed by atoms with Gasteiger partial charge < -0.3 is 15.7 Å². The minimum atomic E-state index is -4.69. The van der Waals surface area contributed by atoms with Crippen LogP contribution in [0.25, 0.3) is 10.9 Å². The van der Waals surface area contributed by atoms with E-state index in [1.807, 2.05) is 6.92 Å². The molecule has 0 spiro atoms. The zero-order valence-corrected chi connectivity index (χ0v) is 23.0. The van der Waals surface area contributed by atoms with Gasteiger partial charge in [-0.1, -0.05) is 6.92 Å². The van der Waals surface area contributed by atoms with Gasteiger partial charge in [0, 0.05) is 30.7 Å². The average Bonchev–Trinajstić information content (AvgIpc) is 3.49. The van der Waals surface area contributed by atoms with E-state index >= 15 is 0 Å². The van der Waals surface area contributed by atoms with Crippen LogP contribution in [0, 0.1) is 0 Å². The second-order valence-electron chi connectivity index (χ2n) is 10.7. The number of anilines is 1. The number of fused-ring (bicyclic) bond motifs is 1. The molecule has 2 aromatic heterocycles. The fraction of sp³-hybridized carbons (Fsp3) is 0.577. The molecule has 8 nitrogen and oxygen atoms in total. The third-order valence-corrected chi connectivity index (χ3v) is 9.05. The van der Waals surface area contributed by atoms with E-state index in [4.69, 9.17) is 0 Å². The Labute approximate surface area is 235 Å². The van der Waals surface area contributed by atoms with Crippen molar-refractivity contribution in [2.24, 2.45) is 0 Å². The molecule has 41 heavy (non-hydrogen) atoms. The van der Waals surface area contributed by atoms with Crippen LogP contribution in [0.5, 0.6) is 0 Å². The number of aliphatic hydroxyl groups is 1. The lowest BCUT2D eigenvalue weighted by molar-refractivity contribution is -0.142. The Balaban J connectivity index is 1.13. The molecule has 2 aliphatic rings. The summed E-state index contributed by atoms with van der Waals surface area (Å²) in [7, 11) is 0. The fourth-order valence-corrected chi connectivity index (χ4v) is 6.50. The molecule has 5 rings (SSSR count). The smallest absolute Gasteiger partial charge is 0.384 e. The number of rotatable bonds is 8. The molecule has 1 saturated carbocycles. The molecular formula is C26H30F6N6O2S. The van der Waals surface area contributed by atoms with Crippen LogP contribution < -0.4 is 10.6 Å². The normalized spacial score (nSPS) is 22.6. The second-order valence-corrected chi connectivity index (χ2v) is 11.8. The zero-order valence-electron chi connectivity index (χ0n) is 22.1. The van der Waals surface area contributed by atoms with Gasteiger partial charge in [0.25, 0.3) is 0 Å². The largest absolute Gasteiger partial charge is 0.416 e. The van der Waals surface area contributed by atoms with E-state index in [0.29, 0.717) is 36.7 Å². The minimum absolute atomic E-state index is 0.130. The third kappa shape index (κ3) is 6.61. The molecule has 2 fully saturated rings. The van der Waals surface area contributed by atoms with Crippen molar-refractivity contribution in [3.8, 4) is 0 Å². The van der Waals surface area contributed by atoms with E-state index in [0.717, 1.165) is 41.3 Å². The van der Waals surface area contributed by atoms with Crippen molar-refractivity contribution in [1.82, 2.24) is 25.0 Å². The predicted octanol–water partition coefficient (Wildman–Crippen LogP) is 4.68. The van der Waals surface area contributed by atoms with Crippen LogP contribution >= 0.6 is 11.3 Å². The van der Waals surface area contributed by atoms with Crippen molar-refractivity contribution >= 4 is 34.0 Å². The Kier molecular flexibility index (Phi) is 7.98. The maximum Gasteiger partial charge on any atom is 0.416 e. The summed E-state index contributed by atoms with van der Waals surface area (Å²) in [5.41, 5.74) is -2.02. The first-order chi connectivity index (χ1) is 19.2. The quantitative estimate of drug-likeness (QED) is 0.324. The molecule has 224 valence electrons. The minimum Gasteiger partial charge on any atom is -0.384 e. The summed E-state index contributed by atoms with van der Waals surface area (Å²) in [4.78, 5) is 20.0. The molecule has 15 heteroatoms. The topological polar surface area (TPSA) is 95.3 Å². The third-order valence-electron chi connectivity index (χ3n) is 7.71. The monoisotopic (exact) mass is 604 g/mol. The highest BCUT2D eigenvalue weighted by Gasteiger charge is 2.41. The molecule has 1 aliphatic heterocycles.